The topological polar surface area (TPSA) is 42.4 Å². The molecular formula is C18H26N2O. The highest BCUT2D eigenvalue weighted by Gasteiger charge is 2.34. The minimum Gasteiger partial charge on any atom is -0.464 e. The van der Waals surface area contributed by atoms with E-state index in [1.54, 1.807) is 0 Å². The Labute approximate surface area is 127 Å². The van der Waals surface area contributed by atoms with Crippen LogP contribution in [0.15, 0.2) is 34.9 Å². The Kier molecular flexibility index (Phi) is 4.32. The van der Waals surface area contributed by atoms with E-state index in [-0.39, 0.29) is 6.04 Å². The largest absolute Gasteiger partial charge is 0.464 e. The van der Waals surface area contributed by atoms with Crippen molar-refractivity contribution in [1.82, 2.24) is 4.90 Å². The van der Waals surface area contributed by atoms with Crippen LogP contribution in [0.25, 0.3) is 11.0 Å². The maximum Gasteiger partial charge on any atom is 0.134 e. The van der Waals surface area contributed by atoms with Crippen molar-refractivity contribution in [3.63, 3.8) is 0 Å². The van der Waals surface area contributed by atoms with Crippen LogP contribution in [-0.4, -0.2) is 24.0 Å². The van der Waals surface area contributed by atoms with Crippen LogP contribution in [0.1, 0.15) is 44.7 Å². The molecule has 114 valence electrons. The summed E-state index contributed by atoms with van der Waals surface area (Å²) in [6.45, 7) is 6.35. The molecular weight excluding hydrogens is 260 g/mol. The van der Waals surface area contributed by atoms with E-state index < -0.39 is 0 Å². The van der Waals surface area contributed by atoms with Crippen LogP contribution < -0.4 is 5.73 Å². The fourth-order valence-corrected chi connectivity index (χ4v) is 3.10. The summed E-state index contributed by atoms with van der Waals surface area (Å²) in [6, 6.07) is 9.26. The van der Waals surface area contributed by atoms with Gasteiger partial charge in [0.15, 0.2) is 0 Å². The van der Waals surface area contributed by atoms with Crippen molar-refractivity contribution < 1.29 is 4.42 Å². The molecule has 0 amide bonds. The van der Waals surface area contributed by atoms with Crippen molar-refractivity contribution in [3.8, 4) is 0 Å². The van der Waals surface area contributed by atoms with Gasteiger partial charge < -0.3 is 10.2 Å². The number of nitrogens with two attached hydrogens (primary N) is 1. The van der Waals surface area contributed by atoms with E-state index in [0.717, 1.165) is 18.0 Å². The predicted molar refractivity (Wildman–Crippen MR) is 87.2 cm³/mol. The summed E-state index contributed by atoms with van der Waals surface area (Å²) in [5.41, 5.74) is 8.36. The first kappa shape index (κ1) is 14.6. The molecule has 1 atom stereocenters. The van der Waals surface area contributed by atoms with Gasteiger partial charge in [-0.15, -0.1) is 0 Å². The minimum absolute atomic E-state index is 0.278. The third-order valence-corrected chi connectivity index (χ3v) is 4.47. The van der Waals surface area contributed by atoms with Gasteiger partial charge in [-0.1, -0.05) is 32.0 Å². The molecule has 1 aliphatic carbocycles. The van der Waals surface area contributed by atoms with Crippen LogP contribution in [0.3, 0.4) is 0 Å². The molecule has 2 N–H and O–H groups in total. The van der Waals surface area contributed by atoms with Gasteiger partial charge in [0.2, 0.25) is 0 Å². The number of para-hydroxylation sites is 1. The van der Waals surface area contributed by atoms with E-state index in [1.165, 1.54) is 30.2 Å². The predicted octanol–water partition coefficient (Wildman–Crippen LogP) is 3.94. The van der Waals surface area contributed by atoms with E-state index >= 15 is 0 Å². The molecule has 0 radical (unpaired) electrons. The summed E-state index contributed by atoms with van der Waals surface area (Å²) in [7, 11) is 0. The molecule has 2 aromatic rings. The zero-order chi connectivity index (χ0) is 14.8. The third kappa shape index (κ3) is 3.14. The molecule has 1 unspecified atom stereocenters. The molecule has 3 rings (SSSR count). The van der Waals surface area contributed by atoms with E-state index in [4.69, 9.17) is 10.2 Å². The second-order valence-corrected chi connectivity index (χ2v) is 6.59. The van der Waals surface area contributed by atoms with Crippen molar-refractivity contribution in [2.24, 2.45) is 11.7 Å². The summed E-state index contributed by atoms with van der Waals surface area (Å²) >= 11 is 0. The second-order valence-electron chi connectivity index (χ2n) is 6.59. The molecule has 3 heteroatoms. The summed E-state index contributed by atoms with van der Waals surface area (Å²) in [5, 5.41) is 1.21. The fourth-order valence-electron chi connectivity index (χ4n) is 3.10. The highest BCUT2D eigenvalue weighted by molar-refractivity contribution is 5.81. The first-order chi connectivity index (χ1) is 10.2. The van der Waals surface area contributed by atoms with Gasteiger partial charge in [-0.2, -0.15) is 0 Å². The Balaban J connectivity index is 1.88. The average molecular weight is 286 g/mol. The summed E-state index contributed by atoms with van der Waals surface area (Å²) in [4.78, 5) is 2.61. The van der Waals surface area contributed by atoms with Crippen LogP contribution in [-0.2, 0) is 0 Å². The third-order valence-electron chi connectivity index (χ3n) is 4.47. The number of rotatable bonds is 7. The molecule has 1 heterocycles. The average Bonchev–Trinajstić information content (AvgIpc) is 3.23. The molecule has 1 saturated carbocycles. The van der Waals surface area contributed by atoms with Crippen molar-refractivity contribution >= 4 is 11.0 Å². The monoisotopic (exact) mass is 286 g/mol. The van der Waals surface area contributed by atoms with Gasteiger partial charge in [-0.25, -0.2) is 0 Å². The summed E-state index contributed by atoms with van der Waals surface area (Å²) < 4.78 is 5.73. The van der Waals surface area contributed by atoms with Gasteiger partial charge in [0.05, 0.1) is 12.3 Å². The fraction of sp³-hybridized carbons (Fsp3) is 0.556. The molecule has 0 spiro atoms. The van der Waals surface area contributed by atoms with Gasteiger partial charge in [-0.3, -0.25) is 4.90 Å². The number of fused-ring (bicyclic) bond motifs is 1. The maximum absolute atomic E-state index is 6.14. The SMILES string of the molecule is CC(C)CCN(C1CC1)C(CN)c1coc2ccccc12. The van der Waals surface area contributed by atoms with Crippen molar-refractivity contribution in [1.29, 1.82) is 0 Å². The van der Waals surface area contributed by atoms with Crippen molar-refractivity contribution in [3.05, 3.63) is 36.1 Å². The Bertz CT molecular complexity index is 586. The quantitative estimate of drug-likeness (QED) is 0.838. The molecule has 1 fully saturated rings. The van der Waals surface area contributed by atoms with Crippen molar-refractivity contribution in [2.75, 3.05) is 13.1 Å². The molecule has 1 aromatic heterocycles. The Morgan fingerprint density at radius 2 is 2.05 bits per heavy atom. The number of benzene rings is 1. The number of hydrogen-bond donors (Lipinski definition) is 1. The maximum atomic E-state index is 6.14. The van der Waals surface area contributed by atoms with Crippen LogP contribution in [0, 0.1) is 5.92 Å². The highest BCUT2D eigenvalue weighted by Crippen LogP contribution is 2.37. The lowest BCUT2D eigenvalue weighted by Gasteiger charge is -2.31. The highest BCUT2D eigenvalue weighted by atomic mass is 16.3. The van der Waals surface area contributed by atoms with Gasteiger partial charge in [0, 0.05) is 23.5 Å². The molecule has 0 saturated heterocycles. The van der Waals surface area contributed by atoms with E-state index in [2.05, 4.69) is 30.9 Å². The lowest BCUT2D eigenvalue weighted by Crippen LogP contribution is -2.36. The zero-order valence-corrected chi connectivity index (χ0v) is 13.1. The lowest BCUT2D eigenvalue weighted by molar-refractivity contribution is 0.181. The molecule has 1 aromatic carbocycles. The molecule has 3 nitrogen and oxygen atoms in total. The van der Waals surface area contributed by atoms with Crippen LogP contribution >= 0.6 is 0 Å². The smallest absolute Gasteiger partial charge is 0.134 e. The normalized spacial score (nSPS) is 17.0. The Morgan fingerprint density at radius 1 is 1.29 bits per heavy atom. The molecule has 0 bridgehead atoms. The Morgan fingerprint density at radius 3 is 2.71 bits per heavy atom. The Hall–Kier alpha value is -1.32. The number of nitrogens with zero attached hydrogens (tertiary/aromatic N) is 1. The van der Waals surface area contributed by atoms with Gasteiger partial charge in [-0.05, 0) is 37.8 Å². The van der Waals surface area contributed by atoms with Gasteiger partial charge in [0.25, 0.3) is 0 Å². The van der Waals surface area contributed by atoms with Crippen LogP contribution in [0.5, 0.6) is 0 Å². The minimum atomic E-state index is 0.278. The van der Waals surface area contributed by atoms with E-state index in [9.17, 15) is 0 Å². The molecule has 0 aliphatic heterocycles. The molecule has 21 heavy (non-hydrogen) atoms. The summed E-state index contributed by atoms with van der Waals surface area (Å²) in [5.74, 6) is 0.728. The zero-order valence-electron chi connectivity index (χ0n) is 13.1. The van der Waals surface area contributed by atoms with Crippen molar-refractivity contribution in [2.45, 2.75) is 45.2 Å². The second kappa shape index (κ2) is 6.20. The van der Waals surface area contributed by atoms with E-state index in [1.807, 2.05) is 18.4 Å². The van der Waals surface area contributed by atoms with Crippen LogP contribution in [0.2, 0.25) is 0 Å². The first-order valence-electron chi connectivity index (χ1n) is 8.12. The van der Waals surface area contributed by atoms with Crippen LogP contribution in [0.4, 0.5) is 0 Å². The van der Waals surface area contributed by atoms with Gasteiger partial charge >= 0.3 is 0 Å². The standard InChI is InChI=1S/C18H26N2O/c1-13(2)9-10-20(14-7-8-14)17(11-19)16-12-21-18-6-4-3-5-15(16)18/h3-6,12-14,17H,7-11,19H2,1-2H3. The van der Waals surface area contributed by atoms with E-state index in [0.29, 0.717) is 12.6 Å². The lowest BCUT2D eigenvalue weighted by atomic mass is 10.0. The number of furan rings is 1. The first-order valence-corrected chi connectivity index (χ1v) is 8.12. The van der Waals surface area contributed by atoms with Gasteiger partial charge in [0.1, 0.15) is 5.58 Å². The number of hydrogen-bond acceptors (Lipinski definition) is 3. The molecule has 1 aliphatic rings. The summed E-state index contributed by atoms with van der Waals surface area (Å²) in [6.07, 6.45) is 5.75.